The van der Waals surface area contributed by atoms with Gasteiger partial charge in [0.25, 0.3) is 0 Å². The molecule has 1 fully saturated rings. The lowest BCUT2D eigenvalue weighted by Crippen LogP contribution is -2.50. The summed E-state index contributed by atoms with van der Waals surface area (Å²) in [4.78, 5) is 24.5. The van der Waals surface area contributed by atoms with E-state index in [0.29, 0.717) is 5.25 Å². The maximum atomic E-state index is 12.2. The molecule has 0 aromatic rings. The van der Waals surface area contributed by atoms with Crippen LogP contribution < -0.4 is 5.32 Å². The summed E-state index contributed by atoms with van der Waals surface area (Å²) in [6.45, 7) is 3.60. The van der Waals surface area contributed by atoms with Gasteiger partial charge in [-0.1, -0.05) is 6.92 Å². The Morgan fingerprint density at radius 2 is 1.95 bits per heavy atom. The molecule has 1 atom stereocenters. The first-order valence-electron chi connectivity index (χ1n) is 7.29. The van der Waals surface area contributed by atoms with Crippen molar-refractivity contribution in [2.75, 3.05) is 12.8 Å². The molecule has 2 N–H and O–H groups in total. The molecular weight excluding hydrogens is 276 g/mol. The number of rotatable bonds is 6. The molecule has 0 radical (unpaired) electrons. The number of amides is 2. The van der Waals surface area contributed by atoms with Gasteiger partial charge in [0, 0.05) is 17.3 Å². The molecule has 1 rings (SSSR count). The van der Waals surface area contributed by atoms with E-state index < -0.39 is 5.97 Å². The van der Waals surface area contributed by atoms with Crippen molar-refractivity contribution in [2.45, 2.75) is 63.3 Å². The molecule has 1 unspecified atom stereocenters. The van der Waals surface area contributed by atoms with Gasteiger partial charge in [0.15, 0.2) is 0 Å². The van der Waals surface area contributed by atoms with Gasteiger partial charge >= 0.3 is 12.0 Å². The van der Waals surface area contributed by atoms with E-state index in [2.05, 4.69) is 11.6 Å². The lowest BCUT2D eigenvalue weighted by molar-refractivity contribution is -0.138. The number of carbonyl (C=O) groups is 2. The lowest BCUT2D eigenvalue weighted by atomic mass is 9.95. The molecule has 0 aliphatic heterocycles. The van der Waals surface area contributed by atoms with Gasteiger partial charge in [-0.2, -0.15) is 11.8 Å². The van der Waals surface area contributed by atoms with Crippen LogP contribution in [0, 0.1) is 0 Å². The molecule has 0 aromatic heterocycles. The van der Waals surface area contributed by atoms with E-state index in [4.69, 9.17) is 5.11 Å². The summed E-state index contributed by atoms with van der Waals surface area (Å²) in [5.74, 6) is -0.966. The molecule has 5 nitrogen and oxygen atoms in total. The molecule has 1 saturated carbocycles. The van der Waals surface area contributed by atoms with Crippen LogP contribution in [0.4, 0.5) is 4.79 Å². The normalized spacial score (nSPS) is 23.9. The van der Waals surface area contributed by atoms with Crippen LogP contribution in [-0.2, 0) is 4.79 Å². The second-order valence-electron chi connectivity index (χ2n) is 5.44. The Labute approximate surface area is 125 Å². The van der Waals surface area contributed by atoms with Crippen LogP contribution in [0.2, 0.25) is 0 Å². The van der Waals surface area contributed by atoms with E-state index in [-0.39, 0.29) is 24.7 Å². The van der Waals surface area contributed by atoms with Crippen LogP contribution in [0.3, 0.4) is 0 Å². The smallest absolute Gasteiger partial charge is 0.323 e. The number of urea groups is 1. The summed E-state index contributed by atoms with van der Waals surface area (Å²) in [6, 6.07) is -0.116. The zero-order valence-corrected chi connectivity index (χ0v) is 13.4. The first kappa shape index (κ1) is 17.1. The monoisotopic (exact) mass is 302 g/mol. The van der Waals surface area contributed by atoms with Gasteiger partial charge in [-0.05, 0) is 45.3 Å². The number of hydrogen-bond acceptors (Lipinski definition) is 3. The van der Waals surface area contributed by atoms with Crippen molar-refractivity contribution in [3.63, 3.8) is 0 Å². The molecule has 0 spiro atoms. The van der Waals surface area contributed by atoms with E-state index in [1.54, 1.807) is 0 Å². The number of hydrogen-bond donors (Lipinski definition) is 2. The molecule has 0 saturated heterocycles. The summed E-state index contributed by atoms with van der Waals surface area (Å²) >= 11 is 1.89. The molecule has 2 amide bonds. The van der Waals surface area contributed by atoms with E-state index in [1.807, 2.05) is 25.6 Å². The number of nitrogens with one attached hydrogen (secondary N) is 1. The number of thioether (sulfide) groups is 1. The molecule has 1 aliphatic carbocycles. The highest BCUT2D eigenvalue weighted by Crippen LogP contribution is 2.26. The first-order valence-corrected chi connectivity index (χ1v) is 8.58. The fourth-order valence-electron chi connectivity index (χ4n) is 2.49. The third kappa shape index (κ3) is 5.23. The number of carbonyl (C=O) groups excluding carboxylic acids is 1. The van der Waals surface area contributed by atoms with E-state index >= 15 is 0 Å². The highest BCUT2D eigenvalue weighted by molar-refractivity contribution is 7.99. The third-order valence-corrected chi connectivity index (χ3v) is 5.16. The van der Waals surface area contributed by atoms with Crippen molar-refractivity contribution in [2.24, 2.45) is 0 Å². The van der Waals surface area contributed by atoms with E-state index in [9.17, 15) is 9.59 Å². The quantitative estimate of drug-likeness (QED) is 0.791. The summed E-state index contributed by atoms with van der Waals surface area (Å²) in [5, 5.41) is 12.6. The van der Waals surface area contributed by atoms with Gasteiger partial charge < -0.3 is 15.3 Å². The van der Waals surface area contributed by atoms with Crippen LogP contribution in [0.15, 0.2) is 0 Å². The SMILES string of the molecule is CCC(C)N(CC(=O)O)C(=O)NC1CCC(SC)CC1. The van der Waals surface area contributed by atoms with Crippen molar-refractivity contribution in [1.82, 2.24) is 10.2 Å². The Bertz CT molecular complexity index is 330. The average Bonchev–Trinajstić information content (AvgIpc) is 2.44. The minimum Gasteiger partial charge on any atom is -0.480 e. The second kappa shape index (κ2) is 8.39. The Hall–Kier alpha value is -0.910. The van der Waals surface area contributed by atoms with Crippen molar-refractivity contribution in [3.05, 3.63) is 0 Å². The molecular formula is C14H26N2O3S. The van der Waals surface area contributed by atoms with Gasteiger partial charge in [0.2, 0.25) is 0 Å². The van der Waals surface area contributed by atoms with E-state index in [1.165, 1.54) is 4.90 Å². The fraction of sp³-hybridized carbons (Fsp3) is 0.857. The van der Waals surface area contributed by atoms with Gasteiger partial charge in [-0.3, -0.25) is 4.79 Å². The van der Waals surface area contributed by atoms with Crippen molar-refractivity contribution >= 4 is 23.8 Å². The number of nitrogens with zero attached hydrogens (tertiary/aromatic N) is 1. The number of carboxylic acids is 1. The fourth-order valence-corrected chi connectivity index (χ4v) is 3.24. The molecule has 0 bridgehead atoms. The Morgan fingerprint density at radius 1 is 1.35 bits per heavy atom. The Balaban J connectivity index is 2.51. The predicted molar refractivity (Wildman–Crippen MR) is 82.2 cm³/mol. The number of carboxylic acid groups (broad SMARTS) is 1. The molecule has 1 aliphatic rings. The molecule has 0 aromatic carbocycles. The summed E-state index contributed by atoms with van der Waals surface area (Å²) in [5.41, 5.74) is 0. The van der Waals surface area contributed by atoms with Crippen molar-refractivity contribution in [1.29, 1.82) is 0 Å². The zero-order valence-electron chi connectivity index (χ0n) is 12.6. The molecule has 0 heterocycles. The van der Waals surface area contributed by atoms with Crippen LogP contribution >= 0.6 is 11.8 Å². The Morgan fingerprint density at radius 3 is 2.40 bits per heavy atom. The molecule has 6 heteroatoms. The summed E-state index contributed by atoms with van der Waals surface area (Å²) < 4.78 is 0. The second-order valence-corrected chi connectivity index (χ2v) is 6.58. The molecule has 20 heavy (non-hydrogen) atoms. The molecule has 116 valence electrons. The zero-order chi connectivity index (χ0) is 15.1. The van der Waals surface area contributed by atoms with Crippen molar-refractivity contribution in [3.8, 4) is 0 Å². The first-order chi connectivity index (χ1) is 9.47. The lowest BCUT2D eigenvalue weighted by Gasteiger charge is -2.32. The minimum atomic E-state index is -0.966. The average molecular weight is 302 g/mol. The highest BCUT2D eigenvalue weighted by Gasteiger charge is 2.26. The number of aliphatic carboxylic acids is 1. The minimum absolute atomic E-state index is 0.0614. The third-order valence-electron chi connectivity index (χ3n) is 4.02. The van der Waals surface area contributed by atoms with Crippen LogP contribution in [0.25, 0.3) is 0 Å². The van der Waals surface area contributed by atoms with Gasteiger partial charge in [-0.15, -0.1) is 0 Å². The largest absolute Gasteiger partial charge is 0.480 e. The topological polar surface area (TPSA) is 69.6 Å². The highest BCUT2D eigenvalue weighted by atomic mass is 32.2. The maximum absolute atomic E-state index is 12.2. The predicted octanol–water partition coefficient (Wildman–Crippen LogP) is 2.56. The van der Waals surface area contributed by atoms with Crippen LogP contribution in [-0.4, -0.2) is 52.1 Å². The van der Waals surface area contributed by atoms with Crippen molar-refractivity contribution < 1.29 is 14.7 Å². The Kier molecular flexibility index (Phi) is 7.19. The standard InChI is InChI=1S/C14H26N2O3S/c1-4-10(2)16(9-13(17)18)14(19)15-11-5-7-12(20-3)8-6-11/h10-12H,4-9H2,1-3H3,(H,15,19)(H,17,18). The maximum Gasteiger partial charge on any atom is 0.323 e. The van der Waals surface area contributed by atoms with Crippen LogP contribution in [0.5, 0.6) is 0 Å². The van der Waals surface area contributed by atoms with Gasteiger partial charge in [-0.25, -0.2) is 4.79 Å². The summed E-state index contributed by atoms with van der Waals surface area (Å²) in [7, 11) is 0. The summed E-state index contributed by atoms with van der Waals surface area (Å²) in [6.07, 6.45) is 7.08. The van der Waals surface area contributed by atoms with Crippen LogP contribution in [0.1, 0.15) is 46.0 Å². The van der Waals surface area contributed by atoms with Gasteiger partial charge in [0.1, 0.15) is 6.54 Å². The van der Waals surface area contributed by atoms with E-state index in [0.717, 1.165) is 32.1 Å². The van der Waals surface area contributed by atoms with Gasteiger partial charge in [0.05, 0.1) is 0 Å².